The summed E-state index contributed by atoms with van der Waals surface area (Å²) in [7, 11) is 0. The number of rotatable bonds is 3. The molecule has 1 aliphatic rings. The molecule has 1 aromatic heterocycles. The highest BCUT2D eigenvalue weighted by Crippen LogP contribution is 2.26. The van der Waals surface area contributed by atoms with Crippen LogP contribution in [0.25, 0.3) is 0 Å². The summed E-state index contributed by atoms with van der Waals surface area (Å²) in [5.41, 5.74) is 0.218. The average Bonchev–Trinajstić information content (AvgIpc) is 2.58. The minimum Gasteiger partial charge on any atom is -0.481 e. The van der Waals surface area contributed by atoms with Crippen molar-refractivity contribution in [3.05, 3.63) is 17.3 Å². The summed E-state index contributed by atoms with van der Waals surface area (Å²) >= 11 is 0. The highest BCUT2D eigenvalue weighted by molar-refractivity contribution is 5.73. The van der Waals surface area contributed by atoms with E-state index in [9.17, 15) is 4.79 Å². The van der Waals surface area contributed by atoms with Gasteiger partial charge < -0.3 is 9.52 Å². The van der Waals surface area contributed by atoms with E-state index in [1.54, 1.807) is 13.8 Å². The molecule has 4 heteroatoms. The molecule has 0 aliphatic heterocycles. The predicted molar refractivity (Wildman–Crippen MR) is 58.3 cm³/mol. The molecule has 0 bridgehead atoms. The van der Waals surface area contributed by atoms with Gasteiger partial charge in [-0.15, -0.1) is 0 Å². The smallest absolute Gasteiger partial charge is 0.309 e. The number of fused-ring (bicyclic) bond motifs is 1. The lowest BCUT2D eigenvalue weighted by atomic mass is 9.90. The molecule has 1 aliphatic carbocycles. The van der Waals surface area contributed by atoms with Gasteiger partial charge in [0.2, 0.25) is 0 Å². The quantitative estimate of drug-likeness (QED) is 0.853. The Labute approximate surface area is 94.7 Å². The van der Waals surface area contributed by atoms with Gasteiger partial charge in [0.25, 0.3) is 0 Å². The summed E-state index contributed by atoms with van der Waals surface area (Å²) in [4.78, 5) is 15.4. The fraction of sp³-hybridized carbons (Fsp3) is 0.667. The van der Waals surface area contributed by atoms with Crippen molar-refractivity contribution in [3.63, 3.8) is 0 Å². The zero-order chi connectivity index (χ0) is 11.8. The third-order valence-electron chi connectivity index (χ3n) is 3.06. The highest BCUT2D eigenvalue weighted by atomic mass is 16.4. The molecular formula is C12H17NO3. The van der Waals surface area contributed by atoms with E-state index in [1.165, 1.54) is 0 Å². The third kappa shape index (κ3) is 2.10. The number of carboxylic acid groups (broad SMARTS) is 1. The van der Waals surface area contributed by atoms with Gasteiger partial charge in [-0.2, -0.15) is 0 Å². The summed E-state index contributed by atoms with van der Waals surface area (Å²) in [6, 6.07) is 0. The number of carboxylic acids is 1. The van der Waals surface area contributed by atoms with Gasteiger partial charge in [0.05, 0.1) is 11.1 Å². The molecule has 0 unspecified atom stereocenters. The van der Waals surface area contributed by atoms with E-state index in [0.29, 0.717) is 12.3 Å². The minimum atomic E-state index is -0.816. The lowest BCUT2D eigenvalue weighted by Crippen LogP contribution is -2.26. The number of hydrogen-bond donors (Lipinski definition) is 1. The Hall–Kier alpha value is -1.32. The molecule has 0 saturated heterocycles. The predicted octanol–water partition coefficient (Wildman–Crippen LogP) is 2.21. The fourth-order valence-electron chi connectivity index (χ4n) is 1.93. The van der Waals surface area contributed by atoms with Crippen molar-refractivity contribution < 1.29 is 14.3 Å². The Morgan fingerprint density at radius 2 is 2.12 bits per heavy atom. The molecule has 0 aromatic carbocycles. The minimum absolute atomic E-state index is 0.356. The second-order valence-corrected chi connectivity index (χ2v) is 5.05. The monoisotopic (exact) mass is 223 g/mol. The Kier molecular flexibility index (Phi) is 2.74. The van der Waals surface area contributed by atoms with Crippen molar-refractivity contribution in [3.8, 4) is 0 Å². The number of oxazole rings is 1. The van der Waals surface area contributed by atoms with E-state index in [-0.39, 0.29) is 0 Å². The van der Waals surface area contributed by atoms with Gasteiger partial charge in [-0.25, -0.2) is 4.98 Å². The molecule has 0 saturated carbocycles. The van der Waals surface area contributed by atoms with Gasteiger partial charge in [-0.3, -0.25) is 4.79 Å². The van der Waals surface area contributed by atoms with Gasteiger partial charge >= 0.3 is 5.97 Å². The molecule has 1 aromatic rings. The molecule has 0 radical (unpaired) electrons. The lowest BCUT2D eigenvalue weighted by molar-refractivity contribution is -0.147. The number of aromatic nitrogens is 1. The van der Waals surface area contributed by atoms with Gasteiger partial charge in [-0.05, 0) is 33.1 Å². The molecule has 0 amide bonds. The van der Waals surface area contributed by atoms with Gasteiger partial charge in [0.15, 0.2) is 5.89 Å². The first-order valence-corrected chi connectivity index (χ1v) is 5.70. The fourth-order valence-corrected chi connectivity index (χ4v) is 1.93. The average molecular weight is 223 g/mol. The first-order chi connectivity index (χ1) is 7.49. The number of aliphatic carboxylic acids is 1. The first-order valence-electron chi connectivity index (χ1n) is 5.70. The largest absolute Gasteiger partial charge is 0.481 e. The first kappa shape index (κ1) is 11.2. The molecule has 88 valence electrons. The maximum absolute atomic E-state index is 11.0. The standard InChI is InChI=1S/C12H17NO3/c1-12(2,11(14)15)7-10-13-8-5-3-4-6-9(8)16-10/h3-7H2,1-2H3,(H,14,15). The van der Waals surface area contributed by atoms with Crippen LogP contribution in [0.1, 0.15) is 44.0 Å². The maximum Gasteiger partial charge on any atom is 0.309 e. The van der Waals surface area contributed by atoms with Crippen LogP contribution in [0.4, 0.5) is 0 Å². The molecular weight excluding hydrogens is 206 g/mol. The van der Waals surface area contributed by atoms with E-state index in [4.69, 9.17) is 9.52 Å². The SMILES string of the molecule is CC(C)(Cc1nc2c(o1)CCCC2)C(=O)O. The maximum atomic E-state index is 11.0. The summed E-state index contributed by atoms with van der Waals surface area (Å²) < 4.78 is 5.62. The van der Waals surface area contributed by atoms with E-state index in [0.717, 1.165) is 37.1 Å². The van der Waals surface area contributed by atoms with Crippen LogP contribution in [0.15, 0.2) is 4.42 Å². The topological polar surface area (TPSA) is 63.3 Å². The summed E-state index contributed by atoms with van der Waals surface area (Å²) in [5.74, 6) is 0.713. The van der Waals surface area contributed by atoms with Gasteiger partial charge in [-0.1, -0.05) is 0 Å². The molecule has 16 heavy (non-hydrogen) atoms. The zero-order valence-electron chi connectivity index (χ0n) is 9.75. The lowest BCUT2D eigenvalue weighted by Gasteiger charge is -2.16. The van der Waals surface area contributed by atoms with Crippen LogP contribution >= 0.6 is 0 Å². The van der Waals surface area contributed by atoms with E-state index >= 15 is 0 Å². The van der Waals surface area contributed by atoms with Crippen molar-refractivity contribution in [1.29, 1.82) is 0 Å². The van der Waals surface area contributed by atoms with Crippen LogP contribution in [-0.2, 0) is 24.1 Å². The van der Waals surface area contributed by atoms with Crippen LogP contribution in [0.3, 0.4) is 0 Å². The Balaban J connectivity index is 2.16. The van der Waals surface area contributed by atoms with E-state index in [1.807, 2.05) is 0 Å². The molecule has 4 nitrogen and oxygen atoms in total. The van der Waals surface area contributed by atoms with Crippen molar-refractivity contribution in [2.24, 2.45) is 5.41 Å². The summed E-state index contributed by atoms with van der Waals surface area (Å²) in [6.45, 7) is 3.39. The Morgan fingerprint density at radius 3 is 2.75 bits per heavy atom. The van der Waals surface area contributed by atoms with Gasteiger partial charge in [0, 0.05) is 12.8 Å². The van der Waals surface area contributed by atoms with Crippen LogP contribution in [0, 0.1) is 5.41 Å². The number of carbonyl (C=O) groups is 1. The van der Waals surface area contributed by atoms with Gasteiger partial charge in [0.1, 0.15) is 5.76 Å². The summed E-state index contributed by atoms with van der Waals surface area (Å²) in [6.07, 6.45) is 4.56. The molecule has 0 atom stereocenters. The van der Waals surface area contributed by atoms with Crippen molar-refractivity contribution >= 4 is 5.97 Å². The molecule has 0 spiro atoms. The number of aryl methyl sites for hydroxylation is 2. The number of nitrogens with zero attached hydrogens (tertiary/aromatic N) is 1. The Morgan fingerprint density at radius 1 is 1.44 bits per heavy atom. The van der Waals surface area contributed by atoms with Crippen LogP contribution in [0.5, 0.6) is 0 Å². The van der Waals surface area contributed by atoms with Crippen molar-refractivity contribution in [2.75, 3.05) is 0 Å². The molecule has 1 heterocycles. The molecule has 2 rings (SSSR count). The van der Waals surface area contributed by atoms with Crippen molar-refractivity contribution in [2.45, 2.75) is 46.0 Å². The van der Waals surface area contributed by atoms with Crippen LogP contribution in [-0.4, -0.2) is 16.1 Å². The highest BCUT2D eigenvalue weighted by Gasteiger charge is 2.30. The van der Waals surface area contributed by atoms with E-state index < -0.39 is 11.4 Å². The second-order valence-electron chi connectivity index (χ2n) is 5.05. The normalized spacial score (nSPS) is 15.9. The second kappa shape index (κ2) is 3.92. The summed E-state index contributed by atoms with van der Waals surface area (Å²) in [5, 5.41) is 9.04. The third-order valence-corrected chi connectivity index (χ3v) is 3.06. The van der Waals surface area contributed by atoms with Crippen LogP contribution < -0.4 is 0 Å². The van der Waals surface area contributed by atoms with Crippen LogP contribution in [0.2, 0.25) is 0 Å². The zero-order valence-corrected chi connectivity index (χ0v) is 9.75. The molecule has 1 N–H and O–H groups in total. The van der Waals surface area contributed by atoms with Crippen molar-refractivity contribution in [1.82, 2.24) is 4.98 Å². The molecule has 0 fully saturated rings. The number of hydrogen-bond acceptors (Lipinski definition) is 3. The Bertz CT molecular complexity index is 383. The van der Waals surface area contributed by atoms with E-state index in [2.05, 4.69) is 4.98 Å².